The molecule has 0 spiro atoms. The molecule has 0 unspecified atom stereocenters. The molecule has 129 heavy (non-hydrogen) atoms. The van der Waals surface area contributed by atoms with Crippen LogP contribution in [0.2, 0.25) is 0 Å². The lowest BCUT2D eigenvalue weighted by Gasteiger charge is -2.29. The van der Waals surface area contributed by atoms with E-state index in [0.29, 0.717) is 0 Å². The van der Waals surface area contributed by atoms with Crippen LogP contribution in [-0.4, -0.2) is 0 Å². The van der Waals surface area contributed by atoms with Crippen molar-refractivity contribution in [2.24, 2.45) is 0 Å². The molecule has 0 atom stereocenters. The average molecular weight is 1650 g/mol. The van der Waals surface area contributed by atoms with Crippen LogP contribution < -0.4 is 24.5 Å². The number of para-hydroxylation sites is 6. The Morgan fingerprint density at radius 1 is 0.109 bits per heavy atom. The van der Waals surface area contributed by atoms with Crippen LogP contribution >= 0.6 is 0 Å². The van der Waals surface area contributed by atoms with E-state index in [9.17, 15) is 0 Å². The molecule has 0 fully saturated rings. The van der Waals surface area contributed by atoms with Gasteiger partial charge in [0.1, 0.15) is 0 Å². The maximum Gasteiger partial charge on any atom is 0.0540 e. The van der Waals surface area contributed by atoms with Gasteiger partial charge in [-0.05, 0) is 282 Å². The van der Waals surface area contributed by atoms with Gasteiger partial charge < -0.3 is 24.5 Å². The van der Waals surface area contributed by atoms with Crippen LogP contribution in [0.15, 0.2) is 467 Å². The number of hydrogen-bond acceptors (Lipinski definition) is 5. The van der Waals surface area contributed by atoms with Crippen molar-refractivity contribution in [2.45, 2.75) is 27.7 Å². The molecule has 5 heteroatoms. The summed E-state index contributed by atoms with van der Waals surface area (Å²) < 4.78 is 0. The van der Waals surface area contributed by atoms with Gasteiger partial charge >= 0.3 is 0 Å². The number of rotatable bonds is 15. The molecule has 0 saturated carbocycles. The van der Waals surface area contributed by atoms with Gasteiger partial charge in [-0.15, -0.1) is 0 Å². The van der Waals surface area contributed by atoms with Crippen LogP contribution in [0.1, 0.15) is 22.3 Å². The number of benzene rings is 25. The lowest BCUT2D eigenvalue weighted by atomic mass is 9.88. The van der Waals surface area contributed by atoms with Gasteiger partial charge in [0.2, 0.25) is 0 Å². The second-order valence-corrected chi connectivity index (χ2v) is 34.0. The fraction of sp³-hybridized carbons (Fsp3) is 0.0323. The van der Waals surface area contributed by atoms with E-state index in [1.165, 1.54) is 180 Å². The lowest BCUT2D eigenvalue weighted by Crippen LogP contribution is -2.11. The summed E-state index contributed by atoms with van der Waals surface area (Å²) in [5.41, 5.74) is 22.4. The molecule has 0 radical (unpaired) electrons. The molecule has 0 N–H and O–H groups in total. The predicted octanol–water partition coefficient (Wildman–Crippen LogP) is 35.8. The van der Waals surface area contributed by atoms with Crippen LogP contribution in [-0.2, 0) is 0 Å². The molecule has 0 saturated heterocycles. The topological polar surface area (TPSA) is 16.2 Å². The van der Waals surface area contributed by atoms with Gasteiger partial charge in [0, 0.05) is 83.8 Å². The van der Waals surface area contributed by atoms with E-state index < -0.39 is 0 Å². The second kappa shape index (κ2) is 32.5. The van der Waals surface area contributed by atoms with Crippen LogP contribution in [0.3, 0.4) is 0 Å². The monoisotopic (exact) mass is 1650 g/mol. The third-order valence-electron chi connectivity index (χ3n) is 26.2. The number of anilines is 15. The molecule has 0 bridgehead atoms. The maximum absolute atomic E-state index is 2.40. The fourth-order valence-electron chi connectivity index (χ4n) is 20.3. The van der Waals surface area contributed by atoms with Crippen molar-refractivity contribution in [3.05, 3.63) is 489 Å². The highest BCUT2D eigenvalue weighted by atomic mass is 15.2. The lowest BCUT2D eigenvalue weighted by molar-refractivity contribution is 1.28. The molecule has 25 aromatic rings. The maximum atomic E-state index is 2.40. The molecule has 25 aromatic carbocycles. The van der Waals surface area contributed by atoms with Crippen molar-refractivity contribution < 1.29 is 0 Å². The Bertz CT molecular complexity index is 7760. The van der Waals surface area contributed by atoms with E-state index in [4.69, 9.17) is 0 Å². The van der Waals surface area contributed by atoms with Gasteiger partial charge in [-0.3, -0.25) is 0 Å². The van der Waals surface area contributed by atoms with Crippen LogP contribution in [0, 0.1) is 27.7 Å². The zero-order valence-corrected chi connectivity index (χ0v) is 72.2. The van der Waals surface area contributed by atoms with E-state index in [0.717, 1.165) is 56.9 Å². The molecule has 0 aromatic heterocycles. The summed E-state index contributed by atoms with van der Waals surface area (Å²) in [7, 11) is 0. The Labute approximate surface area is 751 Å². The predicted molar refractivity (Wildman–Crippen MR) is 555 cm³/mol. The molecular weight excluding hydrogens is 1560 g/mol. The van der Waals surface area contributed by atoms with Crippen molar-refractivity contribution in [1.82, 2.24) is 0 Å². The highest BCUT2D eigenvalue weighted by molar-refractivity contribution is 6.38. The first-order valence-corrected chi connectivity index (χ1v) is 44.6. The number of fused-ring (bicyclic) bond motifs is 6. The summed E-state index contributed by atoms with van der Waals surface area (Å²) in [6, 6.07) is 170. The van der Waals surface area contributed by atoms with Crippen LogP contribution in [0.4, 0.5) is 85.3 Å². The third kappa shape index (κ3) is 13.5. The minimum Gasteiger partial charge on any atom is -0.310 e. The van der Waals surface area contributed by atoms with E-state index in [2.05, 4.69) is 519 Å². The van der Waals surface area contributed by atoms with Crippen molar-refractivity contribution in [3.63, 3.8) is 0 Å². The van der Waals surface area contributed by atoms with E-state index in [-0.39, 0.29) is 0 Å². The van der Waals surface area contributed by atoms with Crippen molar-refractivity contribution >= 4 is 215 Å². The summed E-state index contributed by atoms with van der Waals surface area (Å²) in [5, 5.41) is 30.9. The fourth-order valence-corrected chi connectivity index (χ4v) is 20.3. The standard InChI is InChI=1S/C48H38N2.C44H30N2.C32H21N/c1-31-11-19-35(20-12-31)49(36-21-13-32(2)14-22-36)45-29-27-41-40-8-6-10-44-46(30-28-42(48(40)44)39-7-5-9-43(45)47(39)41)50(37-23-15-33(3)16-24-37)38-25-17-34(4)18-26-38;1-5-15-31(16-6-1)45(32-17-7-2-8-18-32)41-29-27-37-38-28-30-42(46(33-19-9-3-10-20-33)34-21-11-4-12-22-34)40-26-14-24-36(44(38)40)35-23-13-25-39(41)43(35)37;1-3-12-23(13-4-1)33(24-14-5-2-6-15-24)30-21-20-28-26-17-8-11-22-10-7-16-25(31(22)26)27-18-9-19-29(30)32(27)28/h5-30H,1-4H3;1-30H;1-21H. The first-order chi connectivity index (χ1) is 63.7. The number of hydrogen-bond donors (Lipinski definition) is 0. The third-order valence-corrected chi connectivity index (χ3v) is 26.2. The van der Waals surface area contributed by atoms with Crippen LogP contribution in [0.25, 0.3) is 129 Å². The summed E-state index contributed by atoms with van der Waals surface area (Å²) in [6.07, 6.45) is 0. The minimum atomic E-state index is 1.14. The Balaban J connectivity index is 0.000000113. The Morgan fingerprint density at radius 2 is 0.256 bits per heavy atom. The smallest absolute Gasteiger partial charge is 0.0540 e. The molecule has 0 aliphatic carbocycles. The van der Waals surface area contributed by atoms with Gasteiger partial charge in [-0.25, -0.2) is 0 Å². The first-order valence-electron chi connectivity index (χ1n) is 44.6. The highest BCUT2D eigenvalue weighted by Crippen LogP contribution is 2.54. The molecule has 0 heterocycles. The normalized spacial score (nSPS) is 11.6. The molecule has 25 rings (SSSR count). The summed E-state index contributed by atoms with van der Waals surface area (Å²) >= 11 is 0. The van der Waals surface area contributed by atoms with Crippen molar-refractivity contribution in [1.29, 1.82) is 0 Å². The van der Waals surface area contributed by atoms with E-state index in [1.54, 1.807) is 0 Å². The Kier molecular flexibility index (Phi) is 19.5. The molecule has 0 aliphatic rings. The van der Waals surface area contributed by atoms with E-state index >= 15 is 0 Å². The second-order valence-electron chi connectivity index (χ2n) is 34.0. The zero-order chi connectivity index (χ0) is 86.2. The van der Waals surface area contributed by atoms with Crippen LogP contribution in [0.5, 0.6) is 0 Å². The largest absolute Gasteiger partial charge is 0.310 e. The quantitative estimate of drug-likeness (QED) is 0.0749. The molecule has 0 amide bonds. The highest BCUT2D eigenvalue weighted by Gasteiger charge is 2.28. The Morgan fingerprint density at radius 3 is 0.442 bits per heavy atom. The van der Waals surface area contributed by atoms with Crippen molar-refractivity contribution in [3.8, 4) is 0 Å². The van der Waals surface area contributed by atoms with Crippen molar-refractivity contribution in [2.75, 3.05) is 24.5 Å². The summed E-state index contributed by atoms with van der Waals surface area (Å²) in [5.74, 6) is 0. The molecular formula is C124H89N5. The average Bonchev–Trinajstić information content (AvgIpc) is 0.709. The van der Waals surface area contributed by atoms with Gasteiger partial charge in [0.15, 0.2) is 0 Å². The zero-order valence-electron chi connectivity index (χ0n) is 72.2. The van der Waals surface area contributed by atoms with Gasteiger partial charge in [-0.2, -0.15) is 0 Å². The molecule has 5 nitrogen and oxygen atoms in total. The van der Waals surface area contributed by atoms with Gasteiger partial charge in [0.25, 0.3) is 0 Å². The summed E-state index contributed by atoms with van der Waals surface area (Å²) in [6.45, 7) is 8.58. The molecule has 610 valence electrons. The first kappa shape index (κ1) is 77.2. The minimum absolute atomic E-state index is 1.14. The van der Waals surface area contributed by atoms with Gasteiger partial charge in [-0.1, -0.05) is 338 Å². The number of aryl methyl sites for hydroxylation is 4. The number of nitrogens with zero attached hydrogens (tertiary/aromatic N) is 5. The van der Waals surface area contributed by atoms with Gasteiger partial charge in [0.05, 0.1) is 28.4 Å². The molecule has 0 aliphatic heterocycles. The summed E-state index contributed by atoms with van der Waals surface area (Å²) in [4.78, 5) is 11.9. The Hall–Kier alpha value is -16.6. The SMILES string of the molecule is Cc1ccc(N(c2ccc(C)cc2)c2ccc3c4cccc5c(N(c6ccc(C)cc6)c6ccc(C)cc6)ccc(c6cccc2c63)c54)cc1.c1ccc(N(c2ccccc2)c2ccc3c4ccc(N(c5ccccc5)c5ccccc5)c5cccc(c6cccc2c63)c54)cc1.c1ccc(N(c2ccccc2)c2ccc3c4cccc5cccc(c6cccc2c63)c54)cc1. The van der Waals surface area contributed by atoms with E-state index in [1.807, 2.05) is 0 Å².